The predicted octanol–water partition coefficient (Wildman–Crippen LogP) is 13.5. The Kier molecular flexibility index (Phi) is 44.0. The van der Waals surface area contributed by atoms with E-state index < -0.39 is 36.9 Å². The summed E-state index contributed by atoms with van der Waals surface area (Å²) in [6.07, 6.45) is 55.9. The summed E-state index contributed by atoms with van der Waals surface area (Å²) in [5.41, 5.74) is 0. The molecule has 0 fully saturated rings. The molecular formula is C51H95NO5. The number of aliphatic hydroxyl groups is 4. The second kappa shape index (κ2) is 45.4. The van der Waals surface area contributed by atoms with Gasteiger partial charge in [0.15, 0.2) is 0 Å². The molecule has 0 bridgehead atoms. The summed E-state index contributed by atoms with van der Waals surface area (Å²) in [5, 5.41) is 43.7. The molecule has 6 heteroatoms. The van der Waals surface area contributed by atoms with Crippen LogP contribution in [0, 0.1) is 0 Å². The quantitative estimate of drug-likeness (QED) is 0.0239. The van der Waals surface area contributed by atoms with Gasteiger partial charge >= 0.3 is 0 Å². The molecule has 0 aromatic rings. The third-order valence-corrected chi connectivity index (χ3v) is 11.3. The van der Waals surface area contributed by atoms with Crippen molar-refractivity contribution < 1.29 is 25.2 Å². The first-order chi connectivity index (χ1) is 28.0. The second-order valence-electron chi connectivity index (χ2n) is 16.8. The molecule has 0 saturated heterocycles. The number of amides is 1. The molecule has 0 aromatic heterocycles. The summed E-state index contributed by atoms with van der Waals surface area (Å²) in [5.74, 6) is -0.611. The van der Waals surface area contributed by atoms with E-state index in [2.05, 4.69) is 67.8 Å². The molecule has 0 spiro atoms. The van der Waals surface area contributed by atoms with E-state index in [1.807, 2.05) is 0 Å². The summed E-state index contributed by atoms with van der Waals surface area (Å²) in [6, 6.07) is -1.02. The van der Waals surface area contributed by atoms with Crippen molar-refractivity contribution >= 4 is 5.91 Å². The first-order valence-corrected chi connectivity index (χ1v) is 24.5. The number of aliphatic hydroxyl groups excluding tert-OH is 4. The number of carbonyl (C=O) groups is 1. The van der Waals surface area contributed by atoms with Crippen molar-refractivity contribution in [2.24, 2.45) is 0 Å². The summed E-state index contributed by atoms with van der Waals surface area (Å²) < 4.78 is 0. The van der Waals surface area contributed by atoms with Crippen LogP contribution in [0.4, 0.5) is 0 Å². The van der Waals surface area contributed by atoms with Crippen LogP contribution >= 0.6 is 0 Å². The van der Waals surface area contributed by atoms with Gasteiger partial charge in [0.25, 0.3) is 0 Å². The maximum absolute atomic E-state index is 12.5. The van der Waals surface area contributed by atoms with Crippen molar-refractivity contribution in [1.82, 2.24) is 5.32 Å². The lowest BCUT2D eigenvalue weighted by Gasteiger charge is -2.27. The molecule has 1 amide bonds. The fourth-order valence-electron chi connectivity index (χ4n) is 7.35. The molecule has 0 heterocycles. The minimum atomic E-state index is -1.30. The number of hydrogen-bond donors (Lipinski definition) is 5. The van der Waals surface area contributed by atoms with E-state index in [4.69, 9.17) is 0 Å². The molecule has 6 nitrogen and oxygen atoms in total. The average Bonchev–Trinajstić information content (AvgIpc) is 3.22. The Morgan fingerprint density at radius 3 is 1.25 bits per heavy atom. The van der Waals surface area contributed by atoms with Gasteiger partial charge < -0.3 is 25.7 Å². The van der Waals surface area contributed by atoms with E-state index in [-0.39, 0.29) is 0 Å². The van der Waals surface area contributed by atoms with Gasteiger partial charge in [-0.25, -0.2) is 0 Å². The molecule has 0 saturated carbocycles. The largest absolute Gasteiger partial charge is 0.394 e. The van der Waals surface area contributed by atoms with Crippen molar-refractivity contribution in [3.05, 3.63) is 48.6 Å². The number of allylic oxidation sites excluding steroid dienone is 8. The van der Waals surface area contributed by atoms with Gasteiger partial charge in [0.1, 0.15) is 12.2 Å². The normalized spacial score (nSPS) is 14.4. The Morgan fingerprint density at radius 2 is 0.789 bits per heavy atom. The van der Waals surface area contributed by atoms with Crippen LogP contribution in [-0.4, -0.2) is 57.3 Å². The Bertz CT molecular complexity index is 946. The lowest BCUT2D eigenvalue weighted by Crippen LogP contribution is -2.53. The molecule has 0 aliphatic carbocycles. The summed E-state index contributed by atoms with van der Waals surface area (Å²) in [7, 11) is 0. The van der Waals surface area contributed by atoms with Gasteiger partial charge in [0.05, 0.1) is 18.8 Å². The third kappa shape index (κ3) is 39.5. The molecular weight excluding hydrogens is 707 g/mol. The van der Waals surface area contributed by atoms with Crippen LogP contribution in [0.2, 0.25) is 0 Å². The van der Waals surface area contributed by atoms with Crippen molar-refractivity contribution in [3.63, 3.8) is 0 Å². The van der Waals surface area contributed by atoms with Gasteiger partial charge in [-0.3, -0.25) is 4.79 Å². The fraction of sp³-hybridized carbons (Fsp3) is 0.824. The van der Waals surface area contributed by atoms with E-state index in [9.17, 15) is 25.2 Å². The van der Waals surface area contributed by atoms with Crippen molar-refractivity contribution in [3.8, 4) is 0 Å². The van der Waals surface area contributed by atoms with Gasteiger partial charge in [-0.1, -0.05) is 210 Å². The SMILES string of the molecule is CCCCC/C=C\C=C/CCCCCCCC(O)C(=O)NC(CO)C(O)C(O)CCC/C=C/CC/C=C/CCCCCCCCCCCCCCCCCCCC. The summed E-state index contributed by atoms with van der Waals surface area (Å²) in [4.78, 5) is 12.5. The molecule has 0 rings (SSSR count). The van der Waals surface area contributed by atoms with Crippen LogP contribution in [0.15, 0.2) is 48.6 Å². The predicted molar refractivity (Wildman–Crippen MR) is 247 cm³/mol. The number of carbonyl (C=O) groups excluding carboxylic acids is 1. The summed E-state index contributed by atoms with van der Waals surface area (Å²) >= 11 is 0. The maximum Gasteiger partial charge on any atom is 0.249 e. The average molecular weight is 802 g/mol. The van der Waals surface area contributed by atoms with Crippen LogP contribution < -0.4 is 5.32 Å². The standard InChI is InChI=1S/C51H95NO5/c1-3-5-7-9-11-13-15-17-19-20-21-22-23-24-25-26-27-28-29-30-31-33-34-36-38-40-42-44-48(54)50(56)47(46-53)52-51(57)49(55)45-43-41-39-37-35-32-18-16-14-12-10-8-6-4-2/h12,14,16,18,30-31,36,38,47-50,53-56H,3-11,13,15,17,19-29,32-35,37,39-46H2,1-2H3,(H,52,57)/b14-12-,18-16-,31-30+,38-36+. The molecule has 334 valence electrons. The monoisotopic (exact) mass is 802 g/mol. The zero-order chi connectivity index (χ0) is 41.7. The molecule has 0 aliphatic rings. The van der Waals surface area contributed by atoms with Gasteiger partial charge in [-0.15, -0.1) is 0 Å². The van der Waals surface area contributed by atoms with Crippen molar-refractivity contribution in [1.29, 1.82) is 0 Å². The van der Waals surface area contributed by atoms with Gasteiger partial charge in [0.2, 0.25) is 5.91 Å². The molecule has 0 aromatic carbocycles. The Morgan fingerprint density at radius 1 is 0.439 bits per heavy atom. The topological polar surface area (TPSA) is 110 Å². The maximum atomic E-state index is 12.5. The first kappa shape index (κ1) is 55.3. The fourth-order valence-corrected chi connectivity index (χ4v) is 7.35. The van der Waals surface area contributed by atoms with Crippen LogP contribution in [-0.2, 0) is 4.79 Å². The number of nitrogens with one attached hydrogen (secondary N) is 1. The van der Waals surface area contributed by atoms with E-state index >= 15 is 0 Å². The molecule has 4 unspecified atom stereocenters. The highest BCUT2D eigenvalue weighted by molar-refractivity contribution is 5.80. The molecule has 5 N–H and O–H groups in total. The Hall–Kier alpha value is -1.73. The number of rotatable bonds is 44. The molecule has 4 atom stereocenters. The van der Waals surface area contributed by atoms with Crippen LogP contribution in [0.5, 0.6) is 0 Å². The van der Waals surface area contributed by atoms with Crippen LogP contribution in [0.3, 0.4) is 0 Å². The zero-order valence-electron chi connectivity index (χ0n) is 37.6. The smallest absolute Gasteiger partial charge is 0.249 e. The highest BCUT2D eigenvalue weighted by Gasteiger charge is 2.28. The highest BCUT2D eigenvalue weighted by Crippen LogP contribution is 2.16. The summed E-state index contributed by atoms with van der Waals surface area (Å²) in [6.45, 7) is 4.00. The van der Waals surface area contributed by atoms with Crippen LogP contribution in [0.25, 0.3) is 0 Å². The lowest BCUT2D eigenvalue weighted by molar-refractivity contribution is -0.132. The number of hydrogen-bond acceptors (Lipinski definition) is 5. The lowest BCUT2D eigenvalue weighted by atomic mass is 10.00. The van der Waals surface area contributed by atoms with Gasteiger partial charge in [0, 0.05) is 0 Å². The first-order valence-electron chi connectivity index (χ1n) is 24.5. The Labute approximate surface area is 353 Å². The van der Waals surface area contributed by atoms with Crippen LogP contribution in [0.1, 0.15) is 239 Å². The van der Waals surface area contributed by atoms with Crippen molar-refractivity contribution in [2.45, 2.75) is 263 Å². The Balaban J connectivity index is 3.74. The number of unbranched alkanes of at least 4 members (excludes halogenated alkanes) is 28. The molecule has 0 aliphatic heterocycles. The minimum absolute atomic E-state index is 0.340. The highest BCUT2D eigenvalue weighted by atomic mass is 16.3. The second-order valence-corrected chi connectivity index (χ2v) is 16.8. The van der Waals surface area contributed by atoms with E-state index in [0.717, 1.165) is 64.2 Å². The molecule has 57 heavy (non-hydrogen) atoms. The third-order valence-electron chi connectivity index (χ3n) is 11.3. The minimum Gasteiger partial charge on any atom is -0.394 e. The zero-order valence-corrected chi connectivity index (χ0v) is 37.6. The van der Waals surface area contributed by atoms with Gasteiger partial charge in [-0.05, 0) is 77.0 Å². The van der Waals surface area contributed by atoms with Gasteiger partial charge in [-0.2, -0.15) is 0 Å². The molecule has 0 radical (unpaired) electrons. The van der Waals surface area contributed by atoms with Crippen molar-refractivity contribution in [2.75, 3.05) is 6.61 Å². The van der Waals surface area contributed by atoms with E-state index in [1.54, 1.807) is 0 Å². The van der Waals surface area contributed by atoms with E-state index in [0.29, 0.717) is 19.3 Å². The van der Waals surface area contributed by atoms with E-state index in [1.165, 1.54) is 141 Å².